The van der Waals surface area contributed by atoms with E-state index in [9.17, 15) is 14.0 Å². The first-order valence-electron chi connectivity index (χ1n) is 14.5. The van der Waals surface area contributed by atoms with E-state index in [0.717, 1.165) is 43.3 Å². The van der Waals surface area contributed by atoms with Crippen molar-refractivity contribution in [2.45, 2.75) is 19.0 Å². The van der Waals surface area contributed by atoms with Gasteiger partial charge in [0.2, 0.25) is 11.9 Å². The highest BCUT2D eigenvalue weighted by Gasteiger charge is 2.41. The van der Waals surface area contributed by atoms with Crippen molar-refractivity contribution in [3.8, 4) is 5.75 Å². The summed E-state index contributed by atoms with van der Waals surface area (Å²) < 4.78 is 19.7. The monoisotopic (exact) mass is 620 g/mol. The van der Waals surface area contributed by atoms with Crippen LogP contribution in [-0.2, 0) is 11.3 Å². The number of aromatic nitrogens is 2. The Hall–Kier alpha value is -4.42. The average molecular weight is 621 g/mol. The van der Waals surface area contributed by atoms with E-state index >= 15 is 0 Å². The fraction of sp³-hybridized carbons (Fsp3) is 0.355. The van der Waals surface area contributed by atoms with Crippen molar-refractivity contribution < 1.29 is 18.7 Å². The average Bonchev–Trinajstić information content (AvgIpc) is 3.52. The number of hydrogen-bond acceptors (Lipinski definition) is 8. The van der Waals surface area contributed by atoms with Crippen LogP contribution in [0.25, 0.3) is 0 Å². The first-order chi connectivity index (χ1) is 21.2. The standard InChI is InChI=1S/C31H34ClFN8O3/c1-4-28(42)39-10-9-23(19-39)41-29-20(18-40(31(41)43)22-6-7-25(33)24(32)16-22)17-34-30(36-29)35-21-5-8-26(27(15-21)44-3)38-13-11-37(2)12-14-38/h4-8,15-17,23H,1,9-14,18-19H2,2-3H3,(H,34,35,36). The summed E-state index contributed by atoms with van der Waals surface area (Å²) in [4.78, 5) is 45.2. The minimum Gasteiger partial charge on any atom is -0.495 e. The Labute approximate surface area is 260 Å². The molecule has 2 aromatic carbocycles. The van der Waals surface area contributed by atoms with E-state index < -0.39 is 5.82 Å². The van der Waals surface area contributed by atoms with E-state index in [4.69, 9.17) is 21.3 Å². The summed E-state index contributed by atoms with van der Waals surface area (Å²) in [6.07, 6.45) is 3.51. The predicted octanol–water partition coefficient (Wildman–Crippen LogP) is 4.51. The fourth-order valence-corrected chi connectivity index (χ4v) is 6.07. The van der Waals surface area contributed by atoms with Gasteiger partial charge in [0.25, 0.3) is 0 Å². The zero-order valence-electron chi connectivity index (χ0n) is 24.7. The lowest BCUT2D eigenvalue weighted by Gasteiger charge is -2.39. The van der Waals surface area contributed by atoms with Crippen LogP contribution >= 0.6 is 11.6 Å². The third-order valence-corrected chi connectivity index (χ3v) is 8.63. The second kappa shape index (κ2) is 12.3. The van der Waals surface area contributed by atoms with Gasteiger partial charge in [0, 0.05) is 68.5 Å². The number of carbonyl (C=O) groups excluding carboxylic acids is 2. The summed E-state index contributed by atoms with van der Waals surface area (Å²) in [6, 6.07) is 9.38. The van der Waals surface area contributed by atoms with Crippen molar-refractivity contribution in [3.05, 3.63) is 71.7 Å². The molecule has 6 rings (SSSR count). The molecular weight excluding hydrogens is 587 g/mol. The maximum atomic E-state index is 14.1. The van der Waals surface area contributed by atoms with Gasteiger partial charge in [-0.1, -0.05) is 18.2 Å². The number of halogens is 2. The number of carbonyl (C=O) groups is 2. The first kappa shape index (κ1) is 29.6. The highest BCUT2D eigenvalue weighted by atomic mass is 35.5. The van der Waals surface area contributed by atoms with Gasteiger partial charge >= 0.3 is 6.03 Å². The molecule has 3 amide bonds. The molecule has 1 aromatic heterocycles. The summed E-state index contributed by atoms with van der Waals surface area (Å²) in [6.45, 7) is 8.35. The van der Waals surface area contributed by atoms with E-state index in [0.29, 0.717) is 42.5 Å². The molecule has 2 saturated heterocycles. The number of urea groups is 1. The fourth-order valence-electron chi connectivity index (χ4n) is 5.90. The minimum absolute atomic E-state index is 0.0823. The molecule has 0 aliphatic carbocycles. The van der Waals surface area contributed by atoms with Gasteiger partial charge in [0.05, 0.1) is 30.4 Å². The smallest absolute Gasteiger partial charge is 0.330 e. The van der Waals surface area contributed by atoms with Gasteiger partial charge in [-0.05, 0) is 49.9 Å². The largest absolute Gasteiger partial charge is 0.495 e. The lowest BCUT2D eigenvalue weighted by atomic mass is 10.1. The van der Waals surface area contributed by atoms with Crippen molar-refractivity contribution >= 4 is 52.4 Å². The predicted molar refractivity (Wildman–Crippen MR) is 169 cm³/mol. The molecule has 2 fully saturated rings. The molecule has 3 aliphatic rings. The number of ether oxygens (including phenoxy) is 1. The molecule has 11 nitrogen and oxygen atoms in total. The number of piperazine rings is 1. The molecule has 0 saturated carbocycles. The lowest BCUT2D eigenvalue weighted by Crippen LogP contribution is -2.53. The molecule has 44 heavy (non-hydrogen) atoms. The molecule has 1 N–H and O–H groups in total. The molecular formula is C31H34ClFN8O3. The van der Waals surface area contributed by atoms with Crippen LogP contribution in [0, 0.1) is 5.82 Å². The Kier molecular flexibility index (Phi) is 8.28. The molecule has 0 radical (unpaired) electrons. The third kappa shape index (κ3) is 5.74. The lowest BCUT2D eigenvalue weighted by molar-refractivity contribution is -0.125. The summed E-state index contributed by atoms with van der Waals surface area (Å²) in [5.41, 5.74) is 2.91. The van der Waals surface area contributed by atoms with Crippen molar-refractivity contribution in [1.82, 2.24) is 19.8 Å². The number of rotatable bonds is 7. The molecule has 0 bridgehead atoms. The first-order valence-corrected chi connectivity index (χ1v) is 14.8. The van der Waals surface area contributed by atoms with Gasteiger partial charge in [-0.2, -0.15) is 4.98 Å². The van der Waals surface area contributed by atoms with Crippen LogP contribution in [0.1, 0.15) is 12.0 Å². The van der Waals surface area contributed by atoms with Crippen molar-refractivity contribution in [2.24, 2.45) is 0 Å². The molecule has 13 heteroatoms. The summed E-state index contributed by atoms with van der Waals surface area (Å²) in [5, 5.41) is 3.18. The van der Waals surface area contributed by atoms with Crippen molar-refractivity contribution in [2.75, 3.05) is 73.4 Å². The molecule has 3 aliphatic heterocycles. The SMILES string of the molecule is C=CC(=O)N1CCC(N2C(=O)N(c3ccc(F)c(Cl)c3)Cc3cnc(Nc4ccc(N5CCN(C)CC5)c(OC)c4)nc32)C1. The second-order valence-corrected chi connectivity index (χ2v) is 11.5. The highest BCUT2D eigenvalue weighted by Crippen LogP contribution is 2.37. The van der Waals surface area contributed by atoms with Gasteiger partial charge in [-0.3, -0.25) is 14.6 Å². The number of anilines is 5. The Bertz CT molecular complexity index is 1600. The maximum absolute atomic E-state index is 14.1. The normalized spacial score (nSPS) is 18.8. The zero-order valence-corrected chi connectivity index (χ0v) is 25.4. The van der Waals surface area contributed by atoms with Crippen LogP contribution in [-0.4, -0.2) is 91.2 Å². The van der Waals surface area contributed by atoms with Crippen LogP contribution in [0.5, 0.6) is 5.75 Å². The Morgan fingerprint density at radius 3 is 2.68 bits per heavy atom. The van der Waals surface area contributed by atoms with Gasteiger partial charge in [0.15, 0.2) is 0 Å². The molecule has 1 atom stereocenters. The number of likely N-dealkylation sites (N-methyl/N-ethyl adjacent to an activating group) is 1. The van der Waals surface area contributed by atoms with Crippen LogP contribution in [0.3, 0.4) is 0 Å². The van der Waals surface area contributed by atoms with E-state index in [1.165, 1.54) is 29.2 Å². The number of likely N-dealkylation sites (tertiary alicyclic amines) is 1. The topological polar surface area (TPSA) is 97.4 Å². The van der Waals surface area contributed by atoms with Gasteiger partial charge in [-0.25, -0.2) is 14.2 Å². The van der Waals surface area contributed by atoms with Crippen molar-refractivity contribution in [3.63, 3.8) is 0 Å². The third-order valence-electron chi connectivity index (χ3n) is 8.34. The number of hydrogen-bond donors (Lipinski definition) is 1. The number of nitrogens with zero attached hydrogens (tertiary/aromatic N) is 7. The maximum Gasteiger partial charge on any atom is 0.330 e. The molecule has 1 unspecified atom stereocenters. The summed E-state index contributed by atoms with van der Waals surface area (Å²) in [5.74, 6) is 0.736. The number of fused-ring (bicyclic) bond motifs is 1. The number of methoxy groups -OCH3 is 1. The molecule has 3 aromatic rings. The number of amides is 3. The second-order valence-electron chi connectivity index (χ2n) is 11.1. The molecule has 4 heterocycles. The minimum atomic E-state index is -0.571. The quantitative estimate of drug-likeness (QED) is 0.386. The van der Waals surface area contributed by atoms with E-state index in [2.05, 4.69) is 33.7 Å². The van der Waals surface area contributed by atoms with Crippen molar-refractivity contribution in [1.29, 1.82) is 0 Å². The Morgan fingerprint density at radius 1 is 1.16 bits per heavy atom. The van der Waals surface area contributed by atoms with Crippen LogP contribution < -0.4 is 24.8 Å². The summed E-state index contributed by atoms with van der Waals surface area (Å²) >= 11 is 6.07. The van der Waals surface area contributed by atoms with Gasteiger partial charge < -0.3 is 24.8 Å². The van der Waals surface area contributed by atoms with Gasteiger partial charge in [0.1, 0.15) is 17.4 Å². The van der Waals surface area contributed by atoms with Crippen LogP contribution in [0.2, 0.25) is 5.02 Å². The van der Waals surface area contributed by atoms with Gasteiger partial charge in [-0.15, -0.1) is 0 Å². The van der Waals surface area contributed by atoms with E-state index in [1.807, 2.05) is 18.2 Å². The molecule has 230 valence electrons. The Morgan fingerprint density at radius 2 is 1.95 bits per heavy atom. The summed E-state index contributed by atoms with van der Waals surface area (Å²) in [7, 11) is 3.77. The van der Waals surface area contributed by atoms with Crippen LogP contribution in [0.15, 0.2) is 55.3 Å². The molecule has 0 spiro atoms. The van der Waals surface area contributed by atoms with E-state index in [-0.39, 0.29) is 29.5 Å². The number of nitrogens with one attached hydrogen (secondary N) is 1. The number of benzene rings is 2. The van der Waals surface area contributed by atoms with Crippen LogP contribution in [0.4, 0.5) is 38.0 Å². The zero-order chi connectivity index (χ0) is 31.0. The Balaban J connectivity index is 1.31. The highest BCUT2D eigenvalue weighted by molar-refractivity contribution is 6.31. The van der Waals surface area contributed by atoms with E-state index in [1.54, 1.807) is 23.1 Å².